The average molecular weight is 307 g/mol. The minimum Gasteiger partial charge on any atom is -0.378 e. The van der Waals surface area contributed by atoms with Gasteiger partial charge in [0.1, 0.15) is 0 Å². The molecule has 0 atom stereocenters. The van der Waals surface area contributed by atoms with Gasteiger partial charge in [0.15, 0.2) is 0 Å². The molecule has 0 aliphatic carbocycles. The van der Waals surface area contributed by atoms with Crippen LogP contribution in [-0.2, 0) is 0 Å². The van der Waals surface area contributed by atoms with Crippen LogP contribution in [0.15, 0.2) is 53.9 Å². The van der Waals surface area contributed by atoms with Crippen LogP contribution < -0.4 is 10.3 Å². The molecule has 6 heteroatoms. The molecule has 0 spiro atoms. The van der Waals surface area contributed by atoms with Crippen molar-refractivity contribution in [2.24, 2.45) is 5.10 Å². The number of imidazole rings is 1. The molecule has 2 N–H and O–H groups in total. The number of benzene rings is 2. The zero-order valence-electron chi connectivity index (χ0n) is 12.9. The lowest BCUT2D eigenvalue weighted by Gasteiger charge is -2.11. The van der Waals surface area contributed by atoms with Crippen LogP contribution in [-0.4, -0.2) is 36.2 Å². The van der Waals surface area contributed by atoms with E-state index in [-0.39, 0.29) is 5.91 Å². The van der Waals surface area contributed by atoms with Crippen LogP contribution in [0.3, 0.4) is 0 Å². The van der Waals surface area contributed by atoms with Gasteiger partial charge in [-0.15, -0.1) is 0 Å². The monoisotopic (exact) mass is 307 g/mol. The van der Waals surface area contributed by atoms with Gasteiger partial charge in [-0.1, -0.05) is 12.1 Å². The third-order valence-corrected chi connectivity index (χ3v) is 3.47. The Hall–Kier alpha value is -3.15. The van der Waals surface area contributed by atoms with E-state index >= 15 is 0 Å². The molecule has 1 aromatic heterocycles. The summed E-state index contributed by atoms with van der Waals surface area (Å²) in [5.74, 6) is -0.261. The molecule has 0 aliphatic heterocycles. The van der Waals surface area contributed by atoms with Crippen molar-refractivity contribution in [1.82, 2.24) is 15.4 Å². The number of amides is 1. The second-order valence-electron chi connectivity index (χ2n) is 5.32. The van der Waals surface area contributed by atoms with Gasteiger partial charge in [-0.2, -0.15) is 5.10 Å². The van der Waals surface area contributed by atoms with Crippen molar-refractivity contribution in [3.8, 4) is 0 Å². The number of nitrogens with one attached hydrogen (secondary N) is 2. The van der Waals surface area contributed by atoms with Gasteiger partial charge in [-0.05, 0) is 35.9 Å². The van der Waals surface area contributed by atoms with E-state index in [4.69, 9.17) is 0 Å². The molecule has 0 unspecified atom stereocenters. The highest BCUT2D eigenvalue weighted by molar-refractivity contribution is 5.97. The molecule has 23 heavy (non-hydrogen) atoms. The number of hydrogen-bond donors (Lipinski definition) is 2. The number of aromatic nitrogens is 2. The Balaban J connectivity index is 1.65. The number of H-pyrrole nitrogens is 1. The summed E-state index contributed by atoms with van der Waals surface area (Å²) in [6, 6.07) is 13.2. The van der Waals surface area contributed by atoms with E-state index in [1.165, 1.54) is 0 Å². The molecular formula is C17H17N5O. The first kappa shape index (κ1) is 14.8. The summed E-state index contributed by atoms with van der Waals surface area (Å²) in [7, 11) is 3.97. The normalized spacial score (nSPS) is 11.0. The van der Waals surface area contributed by atoms with E-state index in [2.05, 4.69) is 20.5 Å². The Labute approximate surface area is 133 Å². The summed E-state index contributed by atoms with van der Waals surface area (Å²) in [4.78, 5) is 21.2. The zero-order valence-corrected chi connectivity index (χ0v) is 12.9. The number of hydrazone groups is 1. The summed E-state index contributed by atoms with van der Waals surface area (Å²) in [5, 5.41) is 4.00. The largest absolute Gasteiger partial charge is 0.378 e. The first-order valence-corrected chi connectivity index (χ1v) is 7.17. The molecule has 0 saturated heterocycles. The van der Waals surface area contributed by atoms with Crippen LogP contribution >= 0.6 is 0 Å². The molecule has 1 amide bonds. The number of fused-ring (bicyclic) bond motifs is 1. The Kier molecular flexibility index (Phi) is 4.05. The maximum absolute atomic E-state index is 12.1. The number of carbonyl (C=O) groups excluding carboxylic acids is 1. The Morgan fingerprint density at radius 1 is 1.22 bits per heavy atom. The number of carbonyl (C=O) groups is 1. The summed E-state index contributed by atoms with van der Waals surface area (Å²) < 4.78 is 0. The molecule has 116 valence electrons. The Morgan fingerprint density at radius 2 is 2.00 bits per heavy atom. The maximum atomic E-state index is 12.1. The van der Waals surface area contributed by atoms with E-state index in [0.717, 1.165) is 22.3 Å². The molecule has 3 rings (SSSR count). The first-order valence-electron chi connectivity index (χ1n) is 7.17. The van der Waals surface area contributed by atoms with Gasteiger partial charge in [0.05, 0.1) is 23.6 Å². The molecule has 0 aliphatic rings. The second-order valence-corrected chi connectivity index (χ2v) is 5.32. The number of nitrogens with zero attached hydrogens (tertiary/aromatic N) is 3. The fourth-order valence-electron chi connectivity index (χ4n) is 2.17. The summed E-state index contributed by atoms with van der Waals surface area (Å²) in [6.45, 7) is 0. The van der Waals surface area contributed by atoms with Crippen molar-refractivity contribution >= 4 is 28.8 Å². The highest BCUT2D eigenvalue weighted by Crippen LogP contribution is 2.12. The standard InChI is InChI=1S/C17H17N5O/c1-22(2)14-6-3-12(4-7-14)10-20-21-17(23)13-5-8-15-16(9-13)19-11-18-15/h3-11H,1-2H3,(H,18,19)(H,21,23)/b20-10-. The van der Waals surface area contributed by atoms with E-state index in [1.54, 1.807) is 30.7 Å². The second kappa shape index (κ2) is 6.31. The lowest BCUT2D eigenvalue weighted by Crippen LogP contribution is -2.17. The predicted molar refractivity (Wildman–Crippen MR) is 91.9 cm³/mol. The SMILES string of the molecule is CN(C)c1ccc(/C=N\NC(=O)c2ccc3nc[nH]c3c2)cc1. The van der Waals surface area contributed by atoms with Gasteiger partial charge in [0.25, 0.3) is 5.91 Å². The van der Waals surface area contributed by atoms with Crippen molar-refractivity contribution in [1.29, 1.82) is 0 Å². The number of anilines is 1. The van der Waals surface area contributed by atoms with E-state index in [0.29, 0.717) is 5.56 Å². The third kappa shape index (κ3) is 3.37. The smallest absolute Gasteiger partial charge is 0.271 e. The van der Waals surface area contributed by atoms with Crippen molar-refractivity contribution < 1.29 is 4.79 Å². The number of rotatable bonds is 4. The van der Waals surface area contributed by atoms with Crippen LogP contribution in [0.1, 0.15) is 15.9 Å². The summed E-state index contributed by atoms with van der Waals surface area (Å²) in [6.07, 6.45) is 3.22. The van der Waals surface area contributed by atoms with E-state index in [1.807, 2.05) is 43.3 Å². The van der Waals surface area contributed by atoms with Crippen LogP contribution in [0.25, 0.3) is 11.0 Å². The Bertz CT molecular complexity index is 849. The fourth-order valence-corrected chi connectivity index (χ4v) is 2.17. The van der Waals surface area contributed by atoms with Gasteiger partial charge in [-0.3, -0.25) is 4.79 Å². The van der Waals surface area contributed by atoms with Crippen molar-refractivity contribution in [3.05, 3.63) is 59.9 Å². The lowest BCUT2D eigenvalue weighted by molar-refractivity contribution is 0.0955. The highest BCUT2D eigenvalue weighted by atomic mass is 16.2. The van der Waals surface area contributed by atoms with E-state index in [9.17, 15) is 4.79 Å². The zero-order chi connectivity index (χ0) is 16.2. The van der Waals surface area contributed by atoms with Gasteiger partial charge in [0.2, 0.25) is 0 Å². The van der Waals surface area contributed by atoms with Crippen LogP contribution in [0, 0.1) is 0 Å². The topological polar surface area (TPSA) is 73.4 Å². The molecular weight excluding hydrogens is 290 g/mol. The molecule has 0 saturated carbocycles. The first-order chi connectivity index (χ1) is 11.1. The van der Waals surface area contributed by atoms with Crippen LogP contribution in [0.2, 0.25) is 0 Å². The fraction of sp³-hybridized carbons (Fsp3) is 0.118. The maximum Gasteiger partial charge on any atom is 0.271 e. The van der Waals surface area contributed by atoms with E-state index < -0.39 is 0 Å². The predicted octanol–water partition coefficient (Wildman–Crippen LogP) is 2.39. The molecule has 1 heterocycles. The lowest BCUT2D eigenvalue weighted by atomic mass is 10.2. The number of aromatic amines is 1. The number of hydrogen-bond acceptors (Lipinski definition) is 4. The molecule has 0 bridgehead atoms. The van der Waals surface area contributed by atoms with Gasteiger partial charge in [-0.25, -0.2) is 10.4 Å². The van der Waals surface area contributed by atoms with Crippen LogP contribution in [0.4, 0.5) is 5.69 Å². The quantitative estimate of drug-likeness (QED) is 0.574. The highest BCUT2D eigenvalue weighted by Gasteiger charge is 2.06. The van der Waals surface area contributed by atoms with Crippen molar-refractivity contribution in [2.45, 2.75) is 0 Å². The minimum absolute atomic E-state index is 0.261. The molecule has 0 radical (unpaired) electrons. The Morgan fingerprint density at radius 3 is 2.74 bits per heavy atom. The third-order valence-electron chi connectivity index (χ3n) is 3.47. The average Bonchev–Trinajstić information content (AvgIpc) is 3.02. The molecule has 6 nitrogen and oxygen atoms in total. The summed E-state index contributed by atoms with van der Waals surface area (Å²) in [5.41, 5.74) is 6.73. The molecule has 2 aromatic carbocycles. The summed E-state index contributed by atoms with van der Waals surface area (Å²) >= 11 is 0. The molecule has 0 fully saturated rings. The minimum atomic E-state index is -0.261. The van der Waals surface area contributed by atoms with Crippen molar-refractivity contribution in [2.75, 3.05) is 19.0 Å². The van der Waals surface area contributed by atoms with Crippen molar-refractivity contribution in [3.63, 3.8) is 0 Å². The van der Waals surface area contributed by atoms with Gasteiger partial charge < -0.3 is 9.88 Å². The van der Waals surface area contributed by atoms with Gasteiger partial charge in [0, 0.05) is 25.3 Å². The molecule has 3 aromatic rings. The van der Waals surface area contributed by atoms with Crippen LogP contribution in [0.5, 0.6) is 0 Å². The van der Waals surface area contributed by atoms with Gasteiger partial charge >= 0.3 is 0 Å².